The minimum atomic E-state index is -1.28. The molecule has 5 saturated heterocycles. The van der Waals surface area contributed by atoms with Crippen LogP contribution in [0.4, 0.5) is 0 Å². The first kappa shape index (κ1) is 26.0. The molecule has 5 aliphatic rings. The second-order valence-corrected chi connectivity index (χ2v) is 11.1. The molecule has 6 rings (SSSR count). The maximum Gasteiger partial charge on any atom is 0.190 e. The number of fused-ring (bicyclic) bond motifs is 4. The van der Waals surface area contributed by atoms with E-state index in [-0.39, 0.29) is 6.61 Å². The molecule has 12 atom stereocenters. The maximum atomic E-state index is 11.7. The van der Waals surface area contributed by atoms with E-state index in [4.69, 9.17) is 42.6 Å². The highest BCUT2D eigenvalue weighted by Crippen LogP contribution is 2.47. The summed E-state index contributed by atoms with van der Waals surface area (Å²) >= 11 is 0. The SMILES string of the molecule is CO[C@H]1O[C@@H]2CO[C@@H](c3ccccc3)O[C@H]2[C@@H](O)[C@@H]1[C@@H](O)[C@H]1O[C@@H]2OC(C)(C)O[C@@H]2[C@H]2OC(C)(C)O[C@H]21. The van der Waals surface area contributed by atoms with Crippen LogP contribution in [0.3, 0.4) is 0 Å². The van der Waals surface area contributed by atoms with Crippen molar-refractivity contribution in [2.45, 2.75) is 107 Å². The van der Waals surface area contributed by atoms with Crippen LogP contribution in [0.5, 0.6) is 0 Å². The van der Waals surface area contributed by atoms with Crippen LogP contribution in [-0.4, -0.2) is 96.9 Å². The molecule has 11 nitrogen and oxygen atoms in total. The quantitative estimate of drug-likeness (QED) is 0.591. The van der Waals surface area contributed by atoms with E-state index in [0.717, 1.165) is 5.56 Å². The van der Waals surface area contributed by atoms with Crippen LogP contribution in [0, 0.1) is 5.92 Å². The number of benzene rings is 1. The molecule has 1 aromatic carbocycles. The summed E-state index contributed by atoms with van der Waals surface area (Å²) in [5.74, 6) is -2.75. The molecule has 0 bridgehead atoms. The molecule has 11 heteroatoms. The molecule has 2 N–H and O–H groups in total. The molecule has 5 fully saturated rings. The lowest BCUT2D eigenvalue weighted by atomic mass is 9.81. The molecule has 5 heterocycles. The number of rotatable bonds is 4. The normalized spacial score (nSPS) is 47.1. The second-order valence-electron chi connectivity index (χ2n) is 11.1. The van der Waals surface area contributed by atoms with Crippen LogP contribution in [0.1, 0.15) is 39.5 Å². The number of aliphatic hydroxyl groups excluding tert-OH is 2. The van der Waals surface area contributed by atoms with Crippen molar-refractivity contribution in [1.29, 1.82) is 0 Å². The van der Waals surface area contributed by atoms with Gasteiger partial charge in [0, 0.05) is 12.7 Å². The van der Waals surface area contributed by atoms with Crippen LogP contribution in [-0.2, 0) is 42.6 Å². The minimum absolute atomic E-state index is 0.198. The molecular weight excluding hydrogens is 488 g/mol. The zero-order chi connectivity index (χ0) is 26.1. The lowest BCUT2D eigenvalue weighted by Gasteiger charge is -2.50. The Bertz CT molecular complexity index is 957. The van der Waals surface area contributed by atoms with Crippen molar-refractivity contribution in [3.8, 4) is 0 Å². The first-order valence-electron chi connectivity index (χ1n) is 12.8. The van der Waals surface area contributed by atoms with Gasteiger partial charge < -0.3 is 52.8 Å². The summed E-state index contributed by atoms with van der Waals surface area (Å²) in [4.78, 5) is 0. The van der Waals surface area contributed by atoms with Crippen LogP contribution in [0.15, 0.2) is 30.3 Å². The molecule has 0 saturated carbocycles. The zero-order valence-electron chi connectivity index (χ0n) is 21.6. The van der Waals surface area contributed by atoms with E-state index in [1.807, 2.05) is 30.3 Å². The van der Waals surface area contributed by atoms with Gasteiger partial charge in [0.25, 0.3) is 0 Å². The highest BCUT2D eigenvalue weighted by molar-refractivity contribution is 5.17. The van der Waals surface area contributed by atoms with E-state index in [0.29, 0.717) is 0 Å². The average Bonchev–Trinajstić information content (AvgIpc) is 3.37. The fourth-order valence-electron chi connectivity index (χ4n) is 6.10. The zero-order valence-corrected chi connectivity index (χ0v) is 21.6. The fourth-order valence-corrected chi connectivity index (χ4v) is 6.10. The van der Waals surface area contributed by atoms with Gasteiger partial charge in [-0.1, -0.05) is 30.3 Å². The largest absolute Gasteiger partial charge is 0.390 e. The Morgan fingerprint density at radius 3 is 2.27 bits per heavy atom. The molecule has 0 amide bonds. The molecular formula is C26H36O11. The summed E-state index contributed by atoms with van der Waals surface area (Å²) in [6, 6.07) is 9.47. The van der Waals surface area contributed by atoms with Gasteiger partial charge in [0.2, 0.25) is 0 Å². The molecule has 0 unspecified atom stereocenters. The van der Waals surface area contributed by atoms with E-state index in [9.17, 15) is 10.2 Å². The number of ether oxygens (including phenoxy) is 9. The molecule has 5 aliphatic heterocycles. The van der Waals surface area contributed by atoms with Crippen LogP contribution >= 0.6 is 0 Å². The van der Waals surface area contributed by atoms with E-state index in [1.54, 1.807) is 27.7 Å². The van der Waals surface area contributed by atoms with Crippen molar-refractivity contribution in [3.63, 3.8) is 0 Å². The summed E-state index contributed by atoms with van der Waals surface area (Å²) in [7, 11) is 1.46. The molecule has 1 aromatic rings. The summed E-state index contributed by atoms with van der Waals surface area (Å²) < 4.78 is 54.3. The van der Waals surface area contributed by atoms with Gasteiger partial charge in [-0.05, 0) is 27.7 Å². The highest BCUT2D eigenvalue weighted by atomic mass is 16.9. The van der Waals surface area contributed by atoms with E-state index in [1.165, 1.54) is 7.11 Å². The van der Waals surface area contributed by atoms with E-state index in [2.05, 4.69) is 0 Å². The first-order valence-corrected chi connectivity index (χ1v) is 12.8. The highest BCUT2D eigenvalue weighted by Gasteiger charge is 2.64. The van der Waals surface area contributed by atoms with Crippen molar-refractivity contribution < 1.29 is 52.8 Å². The van der Waals surface area contributed by atoms with Gasteiger partial charge in [0.1, 0.15) is 36.6 Å². The van der Waals surface area contributed by atoms with Gasteiger partial charge in [-0.25, -0.2) is 0 Å². The van der Waals surface area contributed by atoms with Crippen molar-refractivity contribution >= 4 is 0 Å². The van der Waals surface area contributed by atoms with E-state index < -0.39 is 85.2 Å². The Labute approximate surface area is 215 Å². The van der Waals surface area contributed by atoms with Gasteiger partial charge in [-0.15, -0.1) is 0 Å². The fraction of sp³-hybridized carbons (Fsp3) is 0.769. The lowest BCUT2D eigenvalue weighted by molar-refractivity contribution is -0.365. The summed E-state index contributed by atoms with van der Waals surface area (Å²) in [6.45, 7) is 7.38. The second kappa shape index (κ2) is 9.46. The third kappa shape index (κ3) is 4.64. The number of methoxy groups -OCH3 is 1. The Balaban J connectivity index is 1.26. The third-order valence-electron chi connectivity index (χ3n) is 7.64. The van der Waals surface area contributed by atoms with Crippen molar-refractivity contribution in [1.82, 2.24) is 0 Å². The predicted molar refractivity (Wildman–Crippen MR) is 124 cm³/mol. The summed E-state index contributed by atoms with van der Waals surface area (Å²) in [5, 5.41) is 23.3. The van der Waals surface area contributed by atoms with Gasteiger partial charge in [0.05, 0.1) is 24.7 Å². The molecule has 0 radical (unpaired) electrons. The molecule has 206 valence electrons. The third-order valence-corrected chi connectivity index (χ3v) is 7.64. The topological polar surface area (TPSA) is 124 Å². The van der Waals surface area contributed by atoms with Gasteiger partial charge >= 0.3 is 0 Å². The lowest BCUT2D eigenvalue weighted by Crippen LogP contribution is -2.66. The Morgan fingerprint density at radius 1 is 0.865 bits per heavy atom. The molecule has 0 aliphatic carbocycles. The summed E-state index contributed by atoms with van der Waals surface area (Å²) in [6.07, 6.45) is -8.87. The number of hydrogen-bond acceptors (Lipinski definition) is 11. The summed E-state index contributed by atoms with van der Waals surface area (Å²) in [5.41, 5.74) is 0.823. The first-order chi connectivity index (χ1) is 17.6. The van der Waals surface area contributed by atoms with Gasteiger partial charge in [-0.2, -0.15) is 0 Å². The van der Waals surface area contributed by atoms with Crippen LogP contribution < -0.4 is 0 Å². The number of hydrogen-bond donors (Lipinski definition) is 2. The van der Waals surface area contributed by atoms with Crippen molar-refractivity contribution in [3.05, 3.63) is 35.9 Å². The van der Waals surface area contributed by atoms with Crippen molar-refractivity contribution in [2.24, 2.45) is 5.92 Å². The Morgan fingerprint density at radius 2 is 1.54 bits per heavy atom. The number of aliphatic hydroxyl groups is 2. The minimum Gasteiger partial charge on any atom is -0.390 e. The predicted octanol–water partition coefficient (Wildman–Crippen LogP) is 1.21. The average molecular weight is 525 g/mol. The monoisotopic (exact) mass is 524 g/mol. The maximum absolute atomic E-state index is 11.7. The smallest absolute Gasteiger partial charge is 0.190 e. The molecule has 0 spiro atoms. The Hall–Kier alpha value is -1.22. The standard InChI is InChI=1S/C26H36O11/c1-25(2)34-19-18(33-24-21(20(19)35-25)36-26(3,4)37-24)16(28)14-15(27)17-13(31-23(14)29-5)11-30-22(32-17)12-9-7-6-8-10-12/h6-10,13-24,27-28H,11H2,1-5H3/t13-,14-,15+,16-,17-,18-,19+,20+,21-,22-,23+,24-/m1/s1. The van der Waals surface area contributed by atoms with Crippen LogP contribution in [0.2, 0.25) is 0 Å². The van der Waals surface area contributed by atoms with Crippen LogP contribution in [0.25, 0.3) is 0 Å². The van der Waals surface area contributed by atoms with E-state index >= 15 is 0 Å². The molecule has 0 aromatic heterocycles. The van der Waals surface area contributed by atoms with Gasteiger partial charge in [0.15, 0.2) is 30.4 Å². The molecule has 37 heavy (non-hydrogen) atoms. The van der Waals surface area contributed by atoms with Gasteiger partial charge in [-0.3, -0.25) is 0 Å². The van der Waals surface area contributed by atoms with Crippen molar-refractivity contribution in [2.75, 3.05) is 13.7 Å². The Kier molecular flexibility index (Phi) is 6.65.